The van der Waals surface area contributed by atoms with E-state index in [-0.39, 0.29) is 5.91 Å². The Morgan fingerprint density at radius 3 is 2.65 bits per heavy atom. The van der Waals surface area contributed by atoms with Crippen molar-refractivity contribution in [1.29, 1.82) is 0 Å². The Morgan fingerprint density at radius 2 is 2.12 bits per heavy atom. The van der Waals surface area contributed by atoms with Crippen molar-refractivity contribution in [2.45, 2.75) is 33.6 Å². The molecule has 0 aliphatic rings. The molecular weight excluding hydrogens is 236 g/mol. The molecule has 1 aromatic heterocycles. The molecule has 0 spiro atoms. The molecule has 0 aromatic carbocycles. The number of aromatic nitrogens is 1. The summed E-state index contributed by atoms with van der Waals surface area (Å²) in [5.74, 6) is 0.380. The van der Waals surface area contributed by atoms with Gasteiger partial charge < -0.3 is 5.32 Å². The zero-order chi connectivity index (χ0) is 12.8. The summed E-state index contributed by atoms with van der Waals surface area (Å²) in [5, 5.41) is 3.36. The lowest BCUT2D eigenvalue weighted by molar-refractivity contribution is 0.0946. The van der Waals surface area contributed by atoms with Gasteiger partial charge in [0.25, 0.3) is 5.91 Å². The quantitative estimate of drug-likeness (QED) is 0.877. The Kier molecular flexibility index (Phi) is 5.42. The van der Waals surface area contributed by atoms with Gasteiger partial charge in [0, 0.05) is 18.4 Å². The number of nitrogens with zero attached hydrogens (tertiary/aromatic N) is 1. The maximum absolute atomic E-state index is 11.9. The molecule has 0 saturated heterocycles. The van der Waals surface area contributed by atoms with Gasteiger partial charge in [0.15, 0.2) is 0 Å². The standard InChI is InChI=1S/C13H19ClN2O/c1-4-10(5-2)7-16-13(17)11-8-15-9(3)6-12(11)14/h6,8,10H,4-5,7H2,1-3H3,(H,16,17). The summed E-state index contributed by atoms with van der Waals surface area (Å²) in [6.07, 6.45) is 3.66. The number of rotatable bonds is 5. The lowest BCUT2D eigenvalue weighted by Crippen LogP contribution is -2.29. The molecule has 1 heterocycles. The van der Waals surface area contributed by atoms with Crippen LogP contribution in [0.1, 0.15) is 42.7 Å². The first kappa shape index (κ1) is 14.0. The molecule has 1 N–H and O–H groups in total. The van der Waals surface area contributed by atoms with Gasteiger partial charge in [-0.05, 0) is 18.9 Å². The van der Waals surface area contributed by atoms with Crippen molar-refractivity contribution < 1.29 is 4.79 Å². The molecule has 3 nitrogen and oxygen atoms in total. The molecule has 17 heavy (non-hydrogen) atoms. The highest BCUT2D eigenvalue weighted by atomic mass is 35.5. The lowest BCUT2D eigenvalue weighted by atomic mass is 10.0. The van der Waals surface area contributed by atoms with Gasteiger partial charge in [-0.2, -0.15) is 0 Å². The van der Waals surface area contributed by atoms with Gasteiger partial charge in [0.1, 0.15) is 0 Å². The topological polar surface area (TPSA) is 42.0 Å². The number of amides is 1. The fraction of sp³-hybridized carbons (Fsp3) is 0.538. The van der Waals surface area contributed by atoms with Crippen molar-refractivity contribution >= 4 is 17.5 Å². The van der Waals surface area contributed by atoms with E-state index >= 15 is 0 Å². The molecule has 0 atom stereocenters. The third kappa shape index (κ3) is 4.00. The summed E-state index contributed by atoms with van der Waals surface area (Å²) in [5.41, 5.74) is 1.26. The molecule has 1 amide bonds. The maximum Gasteiger partial charge on any atom is 0.254 e. The fourth-order valence-corrected chi connectivity index (χ4v) is 1.90. The fourth-order valence-electron chi connectivity index (χ4n) is 1.60. The zero-order valence-electron chi connectivity index (χ0n) is 10.6. The van der Waals surface area contributed by atoms with E-state index in [1.165, 1.54) is 6.20 Å². The Bertz CT molecular complexity index is 389. The summed E-state index contributed by atoms with van der Waals surface area (Å²) in [7, 11) is 0. The first-order chi connectivity index (χ1) is 8.08. The number of hydrogen-bond acceptors (Lipinski definition) is 2. The van der Waals surface area contributed by atoms with Crippen LogP contribution >= 0.6 is 11.6 Å². The SMILES string of the molecule is CCC(CC)CNC(=O)c1cnc(C)cc1Cl. The number of aryl methyl sites for hydroxylation is 1. The minimum absolute atomic E-state index is 0.144. The Balaban J connectivity index is 2.64. The molecule has 1 rings (SSSR count). The smallest absolute Gasteiger partial charge is 0.254 e. The van der Waals surface area contributed by atoms with Crippen LogP contribution in [0.5, 0.6) is 0 Å². The van der Waals surface area contributed by atoms with Crippen LogP contribution in [0.25, 0.3) is 0 Å². The largest absolute Gasteiger partial charge is 0.352 e. The van der Waals surface area contributed by atoms with E-state index in [0.717, 1.165) is 18.5 Å². The second kappa shape index (κ2) is 6.60. The van der Waals surface area contributed by atoms with Crippen LogP contribution in [-0.2, 0) is 0 Å². The number of carbonyl (C=O) groups is 1. The Morgan fingerprint density at radius 1 is 1.47 bits per heavy atom. The molecule has 0 saturated carbocycles. The second-order valence-electron chi connectivity index (χ2n) is 4.20. The van der Waals surface area contributed by atoms with Gasteiger partial charge in [-0.3, -0.25) is 9.78 Å². The first-order valence-electron chi connectivity index (χ1n) is 5.98. The third-order valence-electron chi connectivity index (χ3n) is 2.94. The van der Waals surface area contributed by atoms with Crippen molar-refractivity contribution in [3.05, 3.63) is 28.5 Å². The monoisotopic (exact) mass is 254 g/mol. The molecule has 0 radical (unpaired) electrons. The highest BCUT2D eigenvalue weighted by Gasteiger charge is 2.12. The molecule has 0 bridgehead atoms. The molecule has 0 fully saturated rings. The molecule has 0 aliphatic carbocycles. The minimum atomic E-state index is -0.144. The van der Waals surface area contributed by atoms with E-state index in [2.05, 4.69) is 24.1 Å². The molecule has 94 valence electrons. The average molecular weight is 255 g/mol. The first-order valence-corrected chi connectivity index (χ1v) is 6.36. The zero-order valence-corrected chi connectivity index (χ0v) is 11.3. The number of nitrogens with one attached hydrogen (secondary N) is 1. The highest BCUT2D eigenvalue weighted by Crippen LogP contribution is 2.15. The van der Waals surface area contributed by atoms with Gasteiger partial charge in [-0.15, -0.1) is 0 Å². The lowest BCUT2D eigenvalue weighted by Gasteiger charge is -2.13. The molecule has 0 aliphatic heterocycles. The van der Waals surface area contributed by atoms with Crippen LogP contribution in [-0.4, -0.2) is 17.4 Å². The number of carbonyl (C=O) groups excluding carboxylic acids is 1. The third-order valence-corrected chi connectivity index (χ3v) is 3.25. The van der Waals surface area contributed by atoms with Gasteiger partial charge in [0.05, 0.1) is 10.6 Å². The van der Waals surface area contributed by atoms with E-state index in [9.17, 15) is 4.79 Å². The van der Waals surface area contributed by atoms with E-state index in [0.29, 0.717) is 23.0 Å². The highest BCUT2D eigenvalue weighted by molar-refractivity contribution is 6.33. The predicted molar refractivity (Wildman–Crippen MR) is 70.4 cm³/mol. The summed E-state index contributed by atoms with van der Waals surface area (Å²) >= 11 is 6.01. The second-order valence-corrected chi connectivity index (χ2v) is 4.61. The van der Waals surface area contributed by atoms with Gasteiger partial charge in [-0.25, -0.2) is 0 Å². The Hall–Kier alpha value is -1.09. The van der Waals surface area contributed by atoms with Crippen LogP contribution in [0.3, 0.4) is 0 Å². The van der Waals surface area contributed by atoms with E-state index < -0.39 is 0 Å². The van der Waals surface area contributed by atoms with Crippen LogP contribution in [0.4, 0.5) is 0 Å². The van der Waals surface area contributed by atoms with E-state index in [4.69, 9.17) is 11.6 Å². The van der Waals surface area contributed by atoms with Crippen molar-refractivity contribution in [2.24, 2.45) is 5.92 Å². The van der Waals surface area contributed by atoms with Crippen LogP contribution in [0.2, 0.25) is 5.02 Å². The Labute approximate surface area is 108 Å². The molecule has 4 heteroatoms. The van der Waals surface area contributed by atoms with Gasteiger partial charge in [-0.1, -0.05) is 38.3 Å². The van der Waals surface area contributed by atoms with Crippen molar-refractivity contribution in [3.8, 4) is 0 Å². The van der Waals surface area contributed by atoms with Crippen molar-refractivity contribution in [3.63, 3.8) is 0 Å². The van der Waals surface area contributed by atoms with E-state index in [1.807, 2.05) is 6.92 Å². The normalized spacial score (nSPS) is 10.6. The minimum Gasteiger partial charge on any atom is -0.352 e. The van der Waals surface area contributed by atoms with Gasteiger partial charge in [0.2, 0.25) is 0 Å². The van der Waals surface area contributed by atoms with Crippen LogP contribution in [0, 0.1) is 12.8 Å². The number of pyridine rings is 1. The van der Waals surface area contributed by atoms with Gasteiger partial charge >= 0.3 is 0 Å². The van der Waals surface area contributed by atoms with Crippen molar-refractivity contribution in [2.75, 3.05) is 6.54 Å². The molecular formula is C13H19ClN2O. The van der Waals surface area contributed by atoms with Crippen LogP contribution in [0.15, 0.2) is 12.3 Å². The number of hydrogen-bond donors (Lipinski definition) is 1. The van der Waals surface area contributed by atoms with Crippen LogP contribution < -0.4 is 5.32 Å². The summed E-state index contributed by atoms with van der Waals surface area (Å²) in [4.78, 5) is 16.0. The summed E-state index contributed by atoms with van der Waals surface area (Å²) in [6.45, 7) is 6.79. The summed E-state index contributed by atoms with van der Waals surface area (Å²) in [6, 6.07) is 1.70. The molecule has 0 unspecified atom stereocenters. The van der Waals surface area contributed by atoms with Crippen molar-refractivity contribution in [1.82, 2.24) is 10.3 Å². The van der Waals surface area contributed by atoms with E-state index in [1.54, 1.807) is 6.07 Å². The molecule has 1 aromatic rings. The average Bonchev–Trinajstić information content (AvgIpc) is 2.30. The predicted octanol–water partition coefficient (Wildman–Crippen LogP) is 3.21. The maximum atomic E-state index is 11.9. The summed E-state index contributed by atoms with van der Waals surface area (Å²) < 4.78 is 0. The number of halogens is 1.